The van der Waals surface area contributed by atoms with Crippen LogP contribution in [0.2, 0.25) is 0 Å². The summed E-state index contributed by atoms with van der Waals surface area (Å²) in [5, 5.41) is 6.08. The third-order valence-corrected chi connectivity index (χ3v) is 3.85. The van der Waals surface area contributed by atoms with E-state index in [1.165, 1.54) is 25.9 Å². The molecule has 20 heavy (non-hydrogen) atoms. The number of para-hydroxylation sites is 1. The quantitative estimate of drug-likeness (QED) is 0.834. The van der Waals surface area contributed by atoms with Gasteiger partial charge in [-0.25, -0.2) is 0 Å². The zero-order chi connectivity index (χ0) is 14.2. The molecule has 4 heteroatoms. The van der Waals surface area contributed by atoms with E-state index in [0.717, 1.165) is 24.7 Å². The number of likely N-dealkylation sites (tertiary alicyclic amines) is 1. The molecule has 0 bridgehead atoms. The van der Waals surface area contributed by atoms with Gasteiger partial charge in [0.15, 0.2) is 0 Å². The summed E-state index contributed by atoms with van der Waals surface area (Å²) in [7, 11) is 0. The summed E-state index contributed by atoms with van der Waals surface area (Å²) < 4.78 is 0. The van der Waals surface area contributed by atoms with Gasteiger partial charge in [-0.2, -0.15) is 0 Å². The molecule has 1 amide bonds. The average molecular weight is 275 g/mol. The lowest BCUT2D eigenvalue weighted by atomic mass is 9.99. The number of piperidine rings is 1. The highest BCUT2D eigenvalue weighted by atomic mass is 16.1. The summed E-state index contributed by atoms with van der Waals surface area (Å²) in [6, 6.07) is 9.80. The van der Waals surface area contributed by atoms with E-state index >= 15 is 0 Å². The Bertz CT molecular complexity index is 399. The van der Waals surface area contributed by atoms with Gasteiger partial charge in [0.25, 0.3) is 0 Å². The molecule has 1 aliphatic heterocycles. The minimum Gasteiger partial charge on any atom is -0.376 e. The van der Waals surface area contributed by atoms with Crippen LogP contribution in [-0.2, 0) is 4.79 Å². The highest BCUT2D eigenvalue weighted by Crippen LogP contribution is 2.15. The number of nitrogens with zero attached hydrogens (tertiary/aromatic N) is 1. The molecule has 0 spiro atoms. The Kier molecular flexibility index (Phi) is 5.87. The Morgan fingerprint density at radius 1 is 1.25 bits per heavy atom. The van der Waals surface area contributed by atoms with Gasteiger partial charge in [0.05, 0.1) is 6.54 Å². The summed E-state index contributed by atoms with van der Waals surface area (Å²) >= 11 is 0. The Hall–Kier alpha value is -1.55. The topological polar surface area (TPSA) is 44.4 Å². The standard InChI is InChI=1S/C16H25N3O/c1-14-7-10-19(11-8-14)12-9-17-16(20)13-18-15-5-3-2-4-6-15/h2-6,14,18H,7-13H2,1H3,(H,17,20). The zero-order valence-corrected chi connectivity index (χ0v) is 12.3. The summed E-state index contributed by atoms with van der Waals surface area (Å²) in [5.41, 5.74) is 0.979. The third kappa shape index (κ3) is 5.21. The van der Waals surface area contributed by atoms with Crippen molar-refractivity contribution in [1.82, 2.24) is 10.2 Å². The maximum Gasteiger partial charge on any atom is 0.239 e. The molecule has 0 unspecified atom stereocenters. The lowest BCUT2D eigenvalue weighted by Crippen LogP contribution is -2.40. The molecule has 0 saturated carbocycles. The smallest absolute Gasteiger partial charge is 0.239 e. The summed E-state index contributed by atoms with van der Waals surface area (Å²) in [6.45, 7) is 6.68. The molecule has 0 aliphatic carbocycles. The predicted octanol–water partition coefficient (Wildman–Crippen LogP) is 1.95. The van der Waals surface area contributed by atoms with E-state index < -0.39 is 0 Å². The van der Waals surface area contributed by atoms with Gasteiger partial charge >= 0.3 is 0 Å². The molecule has 1 aromatic carbocycles. The van der Waals surface area contributed by atoms with E-state index in [1.54, 1.807) is 0 Å². The predicted molar refractivity (Wildman–Crippen MR) is 82.8 cm³/mol. The number of carbonyl (C=O) groups excluding carboxylic acids is 1. The van der Waals surface area contributed by atoms with Crippen molar-refractivity contribution >= 4 is 11.6 Å². The van der Waals surface area contributed by atoms with Crippen molar-refractivity contribution in [2.75, 3.05) is 38.0 Å². The van der Waals surface area contributed by atoms with Crippen molar-refractivity contribution in [3.05, 3.63) is 30.3 Å². The molecule has 110 valence electrons. The molecule has 1 aromatic rings. The number of hydrogen-bond acceptors (Lipinski definition) is 3. The molecule has 1 heterocycles. The number of benzene rings is 1. The van der Waals surface area contributed by atoms with Crippen molar-refractivity contribution in [3.8, 4) is 0 Å². The van der Waals surface area contributed by atoms with Gasteiger partial charge in [-0.1, -0.05) is 25.1 Å². The second-order valence-corrected chi connectivity index (χ2v) is 5.59. The number of carbonyl (C=O) groups is 1. The van der Waals surface area contributed by atoms with Crippen molar-refractivity contribution in [2.45, 2.75) is 19.8 Å². The molecule has 1 aliphatic rings. The Balaban J connectivity index is 1.56. The lowest BCUT2D eigenvalue weighted by Gasteiger charge is -2.30. The molecule has 2 N–H and O–H groups in total. The fourth-order valence-electron chi connectivity index (χ4n) is 2.44. The molecule has 0 aromatic heterocycles. The average Bonchev–Trinajstić information content (AvgIpc) is 2.48. The van der Waals surface area contributed by atoms with Gasteiger partial charge in [0.2, 0.25) is 5.91 Å². The molecule has 2 rings (SSSR count). The van der Waals surface area contributed by atoms with Crippen LogP contribution < -0.4 is 10.6 Å². The van der Waals surface area contributed by atoms with Crippen molar-refractivity contribution in [2.24, 2.45) is 5.92 Å². The second-order valence-electron chi connectivity index (χ2n) is 5.59. The van der Waals surface area contributed by atoms with E-state index in [-0.39, 0.29) is 5.91 Å². The van der Waals surface area contributed by atoms with Gasteiger partial charge in [-0.15, -0.1) is 0 Å². The van der Waals surface area contributed by atoms with Gasteiger partial charge in [0.1, 0.15) is 0 Å². The number of hydrogen-bond donors (Lipinski definition) is 2. The highest BCUT2D eigenvalue weighted by Gasteiger charge is 2.14. The van der Waals surface area contributed by atoms with Crippen LogP contribution in [0.3, 0.4) is 0 Å². The molecule has 4 nitrogen and oxygen atoms in total. The highest BCUT2D eigenvalue weighted by molar-refractivity contribution is 5.80. The first-order valence-corrected chi connectivity index (χ1v) is 7.52. The molecule has 1 fully saturated rings. The Labute approximate surface area is 121 Å². The third-order valence-electron chi connectivity index (χ3n) is 3.85. The van der Waals surface area contributed by atoms with Crippen LogP contribution in [0.25, 0.3) is 0 Å². The van der Waals surface area contributed by atoms with E-state index in [1.807, 2.05) is 30.3 Å². The van der Waals surface area contributed by atoms with Crippen LogP contribution in [0, 0.1) is 5.92 Å². The van der Waals surface area contributed by atoms with Gasteiger partial charge in [-0.3, -0.25) is 4.79 Å². The fourth-order valence-corrected chi connectivity index (χ4v) is 2.44. The molecule has 1 saturated heterocycles. The first kappa shape index (κ1) is 14.9. The number of amides is 1. The lowest BCUT2D eigenvalue weighted by molar-refractivity contribution is -0.119. The zero-order valence-electron chi connectivity index (χ0n) is 12.3. The minimum atomic E-state index is 0.0548. The maximum atomic E-state index is 11.7. The van der Waals surface area contributed by atoms with Gasteiger partial charge < -0.3 is 15.5 Å². The van der Waals surface area contributed by atoms with E-state index in [4.69, 9.17) is 0 Å². The van der Waals surface area contributed by atoms with Crippen LogP contribution >= 0.6 is 0 Å². The van der Waals surface area contributed by atoms with Crippen LogP contribution in [0.15, 0.2) is 30.3 Å². The number of nitrogens with one attached hydrogen (secondary N) is 2. The van der Waals surface area contributed by atoms with Crippen molar-refractivity contribution in [3.63, 3.8) is 0 Å². The van der Waals surface area contributed by atoms with Gasteiger partial charge in [-0.05, 0) is 44.0 Å². The van der Waals surface area contributed by atoms with Crippen LogP contribution in [-0.4, -0.2) is 43.5 Å². The van der Waals surface area contributed by atoms with Crippen molar-refractivity contribution < 1.29 is 4.79 Å². The Morgan fingerprint density at radius 2 is 1.95 bits per heavy atom. The van der Waals surface area contributed by atoms with Gasteiger partial charge in [0, 0.05) is 18.8 Å². The minimum absolute atomic E-state index is 0.0548. The molecule has 0 radical (unpaired) electrons. The monoisotopic (exact) mass is 275 g/mol. The number of anilines is 1. The molecular weight excluding hydrogens is 250 g/mol. The second kappa shape index (κ2) is 7.90. The number of rotatable bonds is 6. The van der Waals surface area contributed by atoms with Crippen LogP contribution in [0.5, 0.6) is 0 Å². The van der Waals surface area contributed by atoms with Crippen molar-refractivity contribution in [1.29, 1.82) is 0 Å². The maximum absolute atomic E-state index is 11.7. The molecular formula is C16H25N3O. The van der Waals surface area contributed by atoms with E-state index in [9.17, 15) is 4.79 Å². The van der Waals surface area contributed by atoms with Crippen LogP contribution in [0.1, 0.15) is 19.8 Å². The largest absolute Gasteiger partial charge is 0.376 e. The van der Waals surface area contributed by atoms with E-state index in [0.29, 0.717) is 6.54 Å². The summed E-state index contributed by atoms with van der Waals surface area (Å²) in [5.74, 6) is 0.912. The fraction of sp³-hybridized carbons (Fsp3) is 0.562. The molecule has 0 atom stereocenters. The van der Waals surface area contributed by atoms with Crippen LogP contribution in [0.4, 0.5) is 5.69 Å². The Morgan fingerprint density at radius 3 is 2.65 bits per heavy atom. The van der Waals surface area contributed by atoms with E-state index in [2.05, 4.69) is 22.5 Å². The SMILES string of the molecule is CC1CCN(CCNC(=O)CNc2ccccc2)CC1. The first-order valence-electron chi connectivity index (χ1n) is 7.52. The first-order chi connectivity index (χ1) is 9.74. The summed E-state index contributed by atoms with van der Waals surface area (Å²) in [6.07, 6.45) is 2.56. The summed E-state index contributed by atoms with van der Waals surface area (Å²) in [4.78, 5) is 14.2. The normalized spacial score (nSPS) is 16.9.